The molecule has 0 saturated heterocycles. The van der Waals surface area contributed by atoms with Crippen LogP contribution in [0.5, 0.6) is 0 Å². The molecule has 1 amide bonds. The number of hydrogen-bond donors (Lipinski definition) is 3. The van der Waals surface area contributed by atoms with Crippen molar-refractivity contribution >= 4 is 23.4 Å². The number of amides is 1. The number of nitrogens with zero attached hydrogens (tertiary/aromatic N) is 1. The highest BCUT2D eigenvalue weighted by Gasteiger charge is 2.13. The van der Waals surface area contributed by atoms with Crippen LogP contribution >= 0.6 is 0 Å². The van der Waals surface area contributed by atoms with E-state index >= 15 is 0 Å². The standard InChI is InChI=1S/C9H12N4O3/c1-16-9(15)5-2-3-12-8(7(5)11)13-4-6(10)14/h2-3H,4,11H2,1H3,(H2,10,14)(H,12,13). The molecule has 0 radical (unpaired) electrons. The van der Waals surface area contributed by atoms with E-state index in [1.807, 2.05) is 0 Å². The largest absolute Gasteiger partial charge is 0.465 e. The number of hydrogen-bond acceptors (Lipinski definition) is 6. The summed E-state index contributed by atoms with van der Waals surface area (Å²) in [5, 5.41) is 2.61. The average molecular weight is 224 g/mol. The molecule has 7 heteroatoms. The summed E-state index contributed by atoms with van der Waals surface area (Å²) in [6, 6.07) is 1.43. The van der Waals surface area contributed by atoms with E-state index in [4.69, 9.17) is 11.5 Å². The van der Waals surface area contributed by atoms with Crippen molar-refractivity contribution in [1.29, 1.82) is 0 Å². The topological polar surface area (TPSA) is 120 Å². The second-order valence-corrected chi connectivity index (χ2v) is 2.93. The van der Waals surface area contributed by atoms with Crippen LogP contribution in [0.3, 0.4) is 0 Å². The molecular formula is C9H12N4O3. The van der Waals surface area contributed by atoms with E-state index in [-0.39, 0.29) is 23.6 Å². The molecule has 1 aromatic heterocycles. The molecule has 0 aliphatic heterocycles. The number of primary amides is 1. The Morgan fingerprint density at radius 1 is 1.56 bits per heavy atom. The third-order valence-electron chi connectivity index (χ3n) is 1.83. The summed E-state index contributed by atoms with van der Waals surface area (Å²) in [7, 11) is 1.25. The van der Waals surface area contributed by atoms with Crippen LogP contribution in [-0.2, 0) is 9.53 Å². The van der Waals surface area contributed by atoms with Crippen LogP contribution in [0.1, 0.15) is 10.4 Å². The van der Waals surface area contributed by atoms with Gasteiger partial charge in [-0.15, -0.1) is 0 Å². The molecule has 0 unspecified atom stereocenters. The van der Waals surface area contributed by atoms with Crippen LogP contribution in [0.15, 0.2) is 12.3 Å². The Kier molecular flexibility index (Phi) is 3.65. The summed E-state index contributed by atoms with van der Waals surface area (Å²) in [4.78, 5) is 25.7. The molecule has 0 fully saturated rings. The van der Waals surface area contributed by atoms with Crippen molar-refractivity contribution in [3.05, 3.63) is 17.8 Å². The Balaban J connectivity index is 2.94. The lowest BCUT2D eigenvalue weighted by molar-refractivity contribution is -0.116. The summed E-state index contributed by atoms with van der Waals surface area (Å²) < 4.78 is 4.53. The van der Waals surface area contributed by atoms with Gasteiger partial charge in [0.2, 0.25) is 5.91 Å². The highest BCUT2D eigenvalue weighted by atomic mass is 16.5. The first-order valence-electron chi connectivity index (χ1n) is 4.41. The zero-order valence-electron chi connectivity index (χ0n) is 8.69. The molecule has 0 spiro atoms. The van der Waals surface area contributed by atoms with Crippen LogP contribution in [0, 0.1) is 0 Å². The molecule has 5 N–H and O–H groups in total. The molecule has 1 heterocycles. The fourth-order valence-electron chi connectivity index (χ4n) is 1.07. The zero-order chi connectivity index (χ0) is 12.1. The fourth-order valence-corrected chi connectivity index (χ4v) is 1.07. The number of methoxy groups -OCH3 is 1. The molecular weight excluding hydrogens is 212 g/mol. The van der Waals surface area contributed by atoms with Crippen molar-refractivity contribution in [2.45, 2.75) is 0 Å². The maximum absolute atomic E-state index is 11.3. The van der Waals surface area contributed by atoms with Gasteiger partial charge in [-0.1, -0.05) is 0 Å². The number of nitrogen functional groups attached to an aromatic ring is 1. The van der Waals surface area contributed by atoms with Gasteiger partial charge in [0.1, 0.15) is 5.82 Å². The highest BCUT2D eigenvalue weighted by molar-refractivity contribution is 5.97. The van der Waals surface area contributed by atoms with Crippen LogP contribution in [-0.4, -0.2) is 30.5 Å². The normalized spacial score (nSPS) is 9.56. The number of carbonyl (C=O) groups is 2. The summed E-state index contributed by atoms with van der Waals surface area (Å²) in [5.74, 6) is -0.895. The number of anilines is 2. The van der Waals surface area contributed by atoms with E-state index in [9.17, 15) is 9.59 Å². The molecule has 0 atom stereocenters. The molecule has 0 aliphatic rings. The quantitative estimate of drug-likeness (QED) is 0.584. The second-order valence-electron chi connectivity index (χ2n) is 2.93. The number of esters is 1. The van der Waals surface area contributed by atoms with Gasteiger partial charge in [0.25, 0.3) is 0 Å². The van der Waals surface area contributed by atoms with Gasteiger partial charge in [-0.25, -0.2) is 9.78 Å². The molecule has 16 heavy (non-hydrogen) atoms. The second kappa shape index (κ2) is 4.96. The Morgan fingerprint density at radius 2 is 2.25 bits per heavy atom. The van der Waals surface area contributed by atoms with Gasteiger partial charge in [0, 0.05) is 6.20 Å². The number of ether oxygens (including phenoxy) is 1. The van der Waals surface area contributed by atoms with Crippen molar-refractivity contribution in [2.24, 2.45) is 5.73 Å². The van der Waals surface area contributed by atoms with Crippen LogP contribution < -0.4 is 16.8 Å². The van der Waals surface area contributed by atoms with Gasteiger partial charge in [0.05, 0.1) is 24.9 Å². The Bertz CT molecular complexity index is 419. The maximum Gasteiger partial charge on any atom is 0.340 e. The molecule has 1 rings (SSSR count). The lowest BCUT2D eigenvalue weighted by atomic mass is 10.2. The monoisotopic (exact) mass is 224 g/mol. The van der Waals surface area contributed by atoms with Crippen molar-refractivity contribution in [1.82, 2.24) is 4.98 Å². The number of rotatable bonds is 4. The third kappa shape index (κ3) is 2.59. The average Bonchev–Trinajstić information content (AvgIpc) is 2.26. The Labute approximate surface area is 91.8 Å². The molecule has 86 valence electrons. The molecule has 0 bridgehead atoms. The minimum Gasteiger partial charge on any atom is -0.465 e. The summed E-state index contributed by atoms with van der Waals surface area (Å²) >= 11 is 0. The van der Waals surface area contributed by atoms with Crippen LogP contribution in [0.4, 0.5) is 11.5 Å². The molecule has 0 aromatic carbocycles. The fraction of sp³-hybridized carbons (Fsp3) is 0.222. The summed E-state index contributed by atoms with van der Waals surface area (Å²) in [5.41, 5.74) is 10.9. The van der Waals surface area contributed by atoms with Gasteiger partial charge >= 0.3 is 5.97 Å². The van der Waals surface area contributed by atoms with Gasteiger partial charge < -0.3 is 21.5 Å². The highest BCUT2D eigenvalue weighted by Crippen LogP contribution is 2.20. The van der Waals surface area contributed by atoms with Gasteiger partial charge in [-0.2, -0.15) is 0 Å². The Morgan fingerprint density at radius 3 is 2.81 bits per heavy atom. The van der Waals surface area contributed by atoms with Crippen molar-refractivity contribution in [3.63, 3.8) is 0 Å². The first-order chi connectivity index (χ1) is 7.56. The van der Waals surface area contributed by atoms with Gasteiger partial charge in [-0.05, 0) is 6.07 Å². The van der Waals surface area contributed by atoms with E-state index in [2.05, 4.69) is 15.0 Å². The van der Waals surface area contributed by atoms with Gasteiger partial charge in [0.15, 0.2) is 0 Å². The van der Waals surface area contributed by atoms with E-state index in [1.165, 1.54) is 19.4 Å². The number of carbonyl (C=O) groups excluding carboxylic acids is 2. The van der Waals surface area contributed by atoms with E-state index in [0.717, 1.165) is 0 Å². The van der Waals surface area contributed by atoms with Crippen LogP contribution in [0.25, 0.3) is 0 Å². The minimum atomic E-state index is -0.568. The first kappa shape index (κ1) is 11.8. The first-order valence-corrected chi connectivity index (χ1v) is 4.41. The minimum absolute atomic E-state index is 0.109. The predicted octanol–water partition coefficient (Wildman–Crippen LogP) is -0.652. The third-order valence-corrected chi connectivity index (χ3v) is 1.83. The van der Waals surface area contributed by atoms with Crippen molar-refractivity contribution < 1.29 is 14.3 Å². The van der Waals surface area contributed by atoms with Gasteiger partial charge in [-0.3, -0.25) is 4.79 Å². The molecule has 7 nitrogen and oxygen atoms in total. The maximum atomic E-state index is 11.3. The molecule has 0 aliphatic carbocycles. The number of pyridine rings is 1. The Hall–Kier alpha value is -2.31. The number of nitrogens with one attached hydrogen (secondary N) is 1. The summed E-state index contributed by atoms with van der Waals surface area (Å²) in [6.45, 7) is -0.109. The molecule has 1 aromatic rings. The lowest BCUT2D eigenvalue weighted by Gasteiger charge is -2.09. The summed E-state index contributed by atoms with van der Waals surface area (Å²) in [6.07, 6.45) is 1.38. The molecule has 0 saturated carbocycles. The predicted molar refractivity (Wildman–Crippen MR) is 57.7 cm³/mol. The van der Waals surface area contributed by atoms with Crippen molar-refractivity contribution in [3.8, 4) is 0 Å². The van der Waals surface area contributed by atoms with Crippen LogP contribution in [0.2, 0.25) is 0 Å². The van der Waals surface area contributed by atoms with E-state index in [0.29, 0.717) is 0 Å². The SMILES string of the molecule is COC(=O)c1ccnc(NCC(N)=O)c1N. The zero-order valence-corrected chi connectivity index (χ0v) is 8.69. The lowest BCUT2D eigenvalue weighted by Crippen LogP contribution is -2.23. The number of aromatic nitrogens is 1. The smallest absolute Gasteiger partial charge is 0.340 e. The van der Waals surface area contributed by atoms with E-state index < -0.39 is 11.9 Å². The number of nitrogens with two attached hydrogens (primary N) is 2. The van der Waals surface area contributed by atoms with Crippen molar-refractivity contribution in [2.75, 3.05) is 24.7 Å². The van der Waals surface area contributed by atoms with E-state index in [1.54, 1.807) is 0 Å².